The van der Waals surface area contributed by atoms with Crippen molar-refractivity contribution in [1.29, 1.82) is 0 Å². The zero-order valence-corrected chi connectivity index (χ0v) is 13.4. The Morgan fingerprint density at radius 2 is 1.96 bits per heavy atom. The lowest BCUT2D eigenvalue weighted by atomic mass is 9.64. The van der Waals surface area contributed by atoms with Crippen LogP contribution in [0.3, 0.4) is 0 Å². The molecule has 128 valence electrons. The molecular weight excluding hydrogens is 336 g/mol. The van der Waals surface area contributed by atoms with Crippen molar-refractivity contribution in [3.63, 3.8) is 0 Å². The van der Waals surface area contributed by atoms with Crippen LogP contribution < -0.4 is 11.5 Å². The van der Waals surface area contributed by atoms with Crippen LogP contribution in [0.2, 0.25) is 5.02 Å². The lowest BCUT2D eigenvalue weighted by Crippen LogP contribution is -2.46. The number of hydrogen-bond acceptors (Lipinski definition) is 4. The van der Waals surface area contributed by atoms with Crippen molar-refractivity contribution >= 4 is 35.1 Å². The minimum Gasteiger partial charge on any atom is -0.481 e. The summed E-state index contributed by atoms with van der Waals surface area (Å²) in [7, 11) is 0. The normalized spacial score (nSPS) is 33.7. The van der Waals surface area contributed by atoms with Gasteiger partial charge in [-0.05, 0) is 36.5 Å². The van der Waals surface area contributed by atoms with Crippen molar-refractivity contribution in [3.8, 4) is 0 Å². The van der Waals surface area contributed by atoms with Crippen molar-refractivity contribution in [1.82, 2.24) is 0 Å². The summed E-state index contributed by atoms with van der Waals surface area (Å²) in [5.41, 5.74) is 8.99. The number of amides is 1. The van der Waals surface area contributed by atoms with E-state index in [0.717, 1.165) is 0 Å². The Kier molecular flexibility index (Phi) is 3.53. The van der Waals surface area contributed by atoms with Crippen LogP contribution in [0.5, 0.6) is 0 Å². The van der Waals surface area contributed by atoms with Gasteiger partial charge in [-0.2, -0.15) is 0 Å². The number of carboxylic acids is 2. The van der Waals surface area contributed by atoms with Crippen LogP contribution in [-0.2, 0) is 19.8 Å². The summed E-state index contributed by atoms with van der Waals surface area (Å²) in [6, 6.07) is 4.46. The molecule has 0 aliphatic heterocycles. The molecular formula is C16H17ClN2O5. The number of rotatable bonds is 5. The third-order valence-electron chi connectivity index (χ3n) is 5.71. The number of aliphatic carboxylic acids is 2. The number of nitrogens with two attached hydrogens (primary N) is 2. The first-order chi connectivity index (χ1) is 11.2. The highest BCUT2D eigenvalue weighted by molar-refractivity contribution is 6.30. The third-order valence-corrected chi connectivity index (χ3v) is 5.94. The average Bonchev–Trinajstić information content (AvgIpc) is 2.97. The average molecular weight is 353 g/mol. The monoisotopic (exact) mass is 352 g/mol. The van der Waals surface area contributed by atoms with E-state index in [-0.39, 0.29) is 18.5 Å². The van der Waals surface area contributed by atoms with E-state index in [4.69, 9.17) is 23.1 Å². The molecule has 0 saturated heterocycles. The second kappa shape index (κ2) is 5.11. The Bertz CT molecular complexity index is 767. The number of benzene rings is 1. The van der Waals surface area contributed by atoms with E-state index in [2.05, 4.69) is 0 Å². The highest BCUT2D eigenvalue weighted by atomic mass is 35.5. The standard InChI is InChI=1S/C16H17ClN2O5/c17-7-1-2-8(10(18)5-7)15(14(23)24)4-3-9-12(13(21)22)16(9,15)6-11(19)20/h1-2,5,9,12H,3-4,6,18H2,(H2,19,20)(H,21,22)(H,23,24). The number of fused-ring (bicyclic) bond motifs is 1. The molecule has 6 N–H and O–H groups in total. The minimum atomic E-state index is -1.57. The largest absolute Gasteiger partial charge is 0.481 e. The van der Waals surface area contributed by atoms with Gasteiger partial charge in [0.1, 0.15) is 5.41 Å². The Morgan fingerprint density at radius 3 is 2.42 bits per heavy atom. The molecule has 1 aromatic rings. The molecule has 2 fully saturated rings. The maximum atomic E-state index is 12.3. The molecule has 4 unspecified atom stereocenters. The van der Waals surface area contributed by atoms with Crippen LogP contribution in [0.4, 0.5) is 5.69 Å². The molecule has 2 aliphatic carbocycles. The smallest absolute Gasteiger partial charge is 0.314 e. The van der Waals surface area contributed by atoms with Crippen LogP contribution in [0.15, 0.2) is 18.2 Å². The number of anilines is 1. The van der Waals surface area contributed by atoms with E-state index in [1.54, 1.807) is 0 Å². The fourth-order valence-corrected chi connectivity index (χ4v) is 5.11. The fourth-order valence-electron chi connectivity index (χ4n) is 4.93. The van der Waals surface area contributed by atoms with Crippen LogP contribution in [0.25, 0.3) is 0 Å². The molecule has 3 rings (SSSR count). The Hall–Kier alpha value is -2.28. The summed E-state index contributed by atoms with van der Waals surface area (Å²) in [5, 5.41) is 19.9. The molecule has 0 bridgehead atoms. The Morgan fingerprint density at radius 1 is 1.29 bits per heavy atom. The number of halogens is 1. The Balaban J connectivity index is 2.24. The van der Waals surface area contributed by atoms with E-state index in [0.29, 0.717) is 17.0 Å². The van der Waals surface area contributed by atoms with Gasteiger partial charge in [0.15, 0.2) is 0 Å². The van der Waals surface area contributed by atoms with E-state index in [1.165, 1.54) is 18.2 Å². The summed E-state index contributed by atoms with van der Waals surface area (Å²) in [6.45, 7) is 0. The van der Waals surface area contributed by atoms with Crippen molar-refractivity contribution in [3.05, 3.63) is 28.8 Å². The second-order valence-electron chi connectivity index (χ2n) is 6.59. The lowest BCUT2D eigenvalue weighted by Gasteiger charge is -2.36. The van der Waals surface area contributed by atoms with Gasteiger partial charge in [0.05, 0.1) is 5.92 Å². The molecule has 0 aromatic heterocycles. The summed E-state index contributed by atoms with van der Waals surface area (Å²) in [6.07, 6.45) is 0.289. The highest BCUT2D eigenvalue weighted by Crippen LogP contribution is 2.78. The molecule has 4 atom stereocenters. The van der Waals surface area contributed by atoms with Gasteiger partial charge in [-0.25, -0.2) is 0 Å². The highest BCUT2D eigenvalue weighted by Gasteiger charge is 2.83. The van der Waals surface area contributed by atoms with Crippen molar-refractivity contribution in [2.45, 2.75) is 24.7 Å². The molecule has 2 saturated carbocycles. The topological polar surface area (TPSA) is 144 Å². The van der Waals surface area contributed by atoms with Gasteiger partial charge in [0, 0.05) is 22.5 Å². The molecule has 2 aliphatic rings. The van der Waals surface area contributed by atoms with E-state index in [1.807, 2.05) is 0 Å². The van der Waals surface area contributed by atoms with Crippen molar-refractivity contribution in [2.24, 2.45) is 23.0 Å². The summed E-state index contributed by atoms with van der Waals surface area (Å²) in [5.74, 6) is -4.36. The maximum Gasteiger partial charge on any atom is 0.314 e. The number of primary amides is 1. The number of hydrogen-bond donors (Lipinski definition) is 4. The Labute approximate surface area is 142 Å². The molecule has 8 heteroatoms. The van der Waals surface area contributed by atoms with Crippen molar-refractivity contribution in [2.75, 3.05) is 5.73 Å². The number of carboxylic acid groups (broad SMARTS) is 2. The van der Waals surface area contributed by atoms with E-state index >= 15 is 0 Å². The SMILES string of the molecule is NC(=O)CC12C(CCC1(C(=O)O)c1ccc(Cl)cc1N)C2C(=O)O. The zero-order valence-electron chi connectivity index (χ0n) is 12.7. The van der Waals surface area contributed by atoms with E-state index in [9.17, 15) is 24.6 Å². The van der Waals surface area contributed by atoms with Gasteiger partial charge in [0.25, 0.3) is 0 Å². The molecule has 1 amide bonds. The van der Waals surface area contributed by atoms with Crippen LogP contribution in [-0.4, -0.2) is 28.1 Å². The third kappa shape index (κ3) is 1.87. The van der Waals surface area contributed by atoms with Crippen molar-refractivity contribution < 1.29 is 24.6 Å². The molecule has 0 radical (unpaired) electrons. The molecule has 24 heavy (non-hydrogen) atoms. The summed E-state index contributed by atoms with van der Waals surface area (Å²) < 4.78 is 0. The lowest BCUT2D eigenvalue weighted by molar-refractivity contribution is -0.149. The first kappa shape index (κ1) is 16.6. The van der Waals surface area contributed by atoms with Gasteiger partial charge >= 0.3 is 11.9 Å². The molecule has 0 heterocycles. The van der Waals surface area contributed by atoms with Gasteiger partial charge in [-0.1, -0.05) is 17.7 Å². The maximum absolute atomic E-state index is 12.3. The minimum absolute atomic E-state index is 0.172. The van der Waals surface area contributed by atoms with Crippen LogP contribution in [0, 0.1) is 17.3 Å². The number of nitrogen functional groups attached to an aromatic ring is 1. The zero-order chi connectivity index (χ0) is 17.9. The van der Waals surface area contributed by atoms with Gasteiger partial charge < -0.3 is 21.7 Å². The quantitative estimate of drug-likeness (QED) is 0.587. The van der Waals surface area contributed by atoms with Gasteiger partial charge in [0.2, 0.25) is 5.91 Å². The van der Waals surface area contributed by atoms with E-state index < -0.39 is 40.5 Å². The predicted molar refractivity (Wildman–Crippen MR) is 85.3 cm³/mol. The molecule has 7 nitrogen and oxygen atoms in total. The predicted octanol–water partition coefficient (Wildman–Crippen LogP) is 1.23. The van der Waals surface area contributed by atoms with Crippen LogP contribution in [0.1, 0.15) is 24.8 Å². The number of carbonyl (C=O) groups is 3. The number of carbonyl (C=O) groups excluding carboxylic acids is 1. The first-order valence-corrected chi connectivity index (χ1v) is 7.86. The molecule has 1 aromatic carbocycles. The van der Waals surface area contributed by atoms with Crippen LogP contribution >= 0.6 is 11.6 Å². The summed E-state index contributed by atoms with van der Waals surface area (Å²) in [4.78, 5) is 35.6. The molecule has 0 spiro atoms. The van der Waals surface area contributed by atoms with Gasteiger partial charge in [-0.15, -0.1) is 0 Å². The first-order valence-electron chi connectivity index (χ1n) is 7.48. The van der Waals surface area contributed by atoms with Gasteiger partial charge in [-0.3, -0.25) is 14.4 Å². The summed E-state index contributed by atoms with van der Waals surface area (Å²) >= 11 is 5.90. The second-order valence-corrected chi connectivity index (χ2v) is 7.02. The fraction of sp³-hybridized carbons (Fsp3) is 0.438.